The van der Waals surface area contributed by atoms with Crippen LogP contribution in [0.1, 0.15) is 194 Å². The number of unbranched alkanes of at least 4 members (excludes halogenated alkanes) is 18. The SMILES string of the molecule is CCCCC/C=C\C/C=C\CCCCCCCCC(CCCCCCCC/C=C\C/C=C\CCCCC)OC(=O)CCC(=N)N=NN. The van der Waals surface area contributed by atoms with E-state index in [4.69, 9.17) is 16.0 Å². The summed E-state index contributed by atoms with van der Waals surface area (Å²) in [7, 11) is 0. The van der Waals surface area contributed by atoms with Crippen LogP contribution in [0.2, 0.25) is 0 Å². The van der Waals surface area contributed by atoms with E-state index in [0.717, 1.165) is 38.5 Å². The van der Waals surface area contributed by atoms with Crippen molar-refractivity contribution in [2.75, 3.05) is 0 Å². The molecule has 0 aliphatic carbocycles. The van der Waals surface area contributed by atoms with Gasteiger partial charge in [0.15, 0.2) is 0 Å². The molecule has 0 rings (SSSR count). The predicted octanol–water partition coefficient (Wildman–Crippen LogP) is 13.4. The summed E-state index contributed by atoms with van der Waals surface area (Å²) in [6, 6.07) is 0. The molecule has 0 radical (unpaired) electrons. The van der Waals surface area contributed by atoms with Crippen LogP contribution >= 0.6 is 0 Å². The Bertz CT molecular complexity index is 798. The van der Waals surface area contributed by atoms with Crippen molar-refractivity contribution in [1.82, 2.24) is 0 Å². The fraction of sp³-hybridized carbons (Fsp3) is 0.756. The second-order valence-corrected chi connectivity index (χ2v) is 13.0. The summed E-state index contributed by atoms with van der Waals surface area (Å²) in [5.74, 6) is 4.78. The lowest BCUT2D eigenvalue weighted by atomic mass is 10.0. The average molecular weight is 655 g/mol. The number of nitrogens with zero attached hydrogens (tertiary/aromatic N) is 2. The first-order valence-electron chi connectivity index (χ1n) is 19.6. The van der Waals surface area contributed by atoms with Crippen LogP contribution in [0.15, 0.2) is 58.9 Å². The van der Waals surface area contributed by atoms with Crippen LogP contribution in [-0.2, 0) is 9.53 Å². The number of esters is 1. The van der Waals surface area contributed by atoms with Gasteiger partial charge in [-0.3, -0.25) is 10.2 Å². The van der Waals surface area contributed by atoms with E-state index in [1.165, 1.54) is 128 Å². The molecule has 0 amide bonds. The summed E-state index contributed by atoms with van der Waals surface area (Å²) in [5, 5.41) is 14.3. The van der Waals surface area contributed by atoms with Gasteiger partial charge in [0.1, 0.15) is 11.9 Å². The Labute approximate surface area is 290 Å². The molecule has 3 N–H and O–H groups in total. The standard InChI is InChI=1S/C41H74N4O2/c1-3-5-7-9-11-13-15-17-19-21-23-25-27-29-31-33-35-39(47-41(46)38-37-40(42)44-45-43)36-34-32-30-28-26-24-22-20-18-16-14-12-10-8-6-4-2/h11-14,17-20,39H,3-10,15-16,21-38H2,1-2H3,(H3,42,43,44)/b13-11-,14-12-,19-17-,20-18-. The van der Waals surface area contributed by atoms with Gasteiger partial charge in [-0.25, -0.2) is 0 Å². The van der Waals surface area contributed by atoms with Gasteiger partial charge in [0, 0.05) is 6.42 Å². The summed E-state index contributed by atoms with van der Waals surface area (Å²) >= 11 is 0. The summed E-state index contributed by atoms with van der Waals surface area (Å²) in [5.41, 5.74) is 0. The third kappa shape index (κ3) is 36.2. The third-order valence-corrected chi connectivity index (χ3v) is 8.50. The zero-order valence-corrected chi connectivity index (χ0v) is 30.8. The highest BCUT2D eigenvalue weighted by molar-refractivity contribution is 5.83. The molecule has 0 unspecified atom stereocenters. The molecule has 47 heavy (non-hydrogen) atoms. The van der Waals surface area contributed by atoms with Crippen molar-refractivity contribution in [3.63, 3.8) is 0 Å². The van der Waals surface area contributed by atoms with Crippen LogP contribution in [-0.4, -0.2) is 17.9 Å². The largest absolute Gasteiger partial charge is 0.462 e. The number of hydrogen-bond donors (Lipinski definition) is 2. The fourth-order valence-electron chi connectivity index (χ4n) is 5.57. The first-order chi connectivity index (χ1) is 23.1. The second-order valence-electron chi connectivity index (χ2n) is 13.0. The molecule has 0 aromatic rings. The summed E-state index contributed by atoms with van der Waals surface area (Å²) in [6.45, 7) is 4.50. The number of nitrogens with two attached hydrogens (primary N) is 1. The Morgan fingerprint density at radius 2 is 0.957 bits per heavy atom. The van der Waals surface area contributed by atoms with Crippen molar-refractivity contribution in [1.29, 1.82) is 5.41 Å². The van der Waals surface area contributed by atoms with Crippen molar-refractivity contribution < 1.29 is 9.53 Å². The average Bonchev–Trinajstić information content (AvgIpc) is 3.07. The molecule has 0 aromatic heterocycles. The van der Waals surface area contributed by atoms with E-state index >= 15 is 0 Å². The van der Waals surface area contributed by atoms with Crippen LogP contribution in [0.5, 0.6) is 0 Å². The van der Waals surface area contributed by atoms with Crippen molar-refractivity contribution in [2.24, 2.45) is 16.2 Å². The zero-order valence-electron chi connectivity index (χ0n) is 30.8. The monoisotopic (exact) mass is 655 g/mol. The number of carbonyl (C=O) groups excluding carboxylic acids is 1. The molecule has 0 fully saturated rings. The Balaban J connectivity index is 4.10. The number of carbonyl (C=O) groups is 1. The van der Waals surface area contributed by atoms with Crippen LogP contribution in [0.25, 0.3) is 0 Å². The molecule has 6 heteroatoms. The van der Waals surface area contributed by atoms with Crippen LogP contribution < -0.4 is 5.84 Å². The number of allylic oxidation sites excluding steroid dienone is 8. The van der Waals surface area contributed by atoms with Gasteiger partial charge in [-0.05, 0) is 89.9 Å². The first-order valence-corrected chi connectivity index (χ1v) is 19.6. The van der Waals surface area contributed by atoms with Gasteiger partial charge in [-0.2, -0.15) is 0 Å². The topological polar surface area (TPSA) is 101 Å². The summed E-state index contributed by atoms with van der Waals surface area (Å²) in [4.78, 5) is 12.5. The molecule has 0 aliphatic rings. The van der Waals surface area contributed by atoms with E-state index in [0.29, 0.717) is 0 Å². The molecule has 0 aromatic carbocycles. The maximum absolute atomic E-state index is 12.5. The van der Waals surface area contributed by atoms with Gasteiger partial charge in [0.05, 0.1) is 6.42 Å². The molecular formula is C41H74N4O2. The highest BCUT2D eigenvalue weighted by Crippen LogP contribution is 2.18. The van der Waals surface area contributed by atoms with Gasteiger partial charge in [0.25, 0.3) is 0 Å². The molecule has 6 nitrogen and oxygen atoms in total. The smallest absolute Gasteiger partial charge is 0.306 e. The predicted molar refractivity (Wildman–Crippen MR) is 204 cm³/mol. The number of hydrogen-bond acceptors (Lipinski definition) is 4. The maximum Gasteiger partial charge on any atom is 0.306 e. The minimum Gasteiger partial charge on any atom is -0.462 e. The van der Waals surface area contributed by atoms with E-state index in [1.54, 1.807) is 0 Å². The molecule has 0 aliphatic heterocycles. The second kappa shape index (κ2) is 38.0. The zero-order chi connectivity index (χ0) is 34.3. The normalized spacial score (nSPS) is 12.3. The molecule has 0 atom stereocenters. The van der Waals surface area contributed by atoms with E-state index in [2.05, 4.69) is 72.8 Å². The molecule has 270 valence electrons. The van der Waals surface area contributed by atoms with E-state index in [-0.39, 0.29) is 30.8 Å². The fourth-order valence-corrected chi connectivity index (χ4v) is 5.57. The molecule has 0 bridgehead atoms. The van der Waals surface area contributed by atoms with Crippen molar-refractivity contribution in [2.45, 2.75) is 200 Å². The van der Waals surface area contributed by atoms with Crippen LogP contribution in [0.4, 0.5) is 0 Å². The van der Waals surface area contributed by atoms with Gasteiger partial charge in [-0.1, -0.05) is 145 Å². The number of ether oxygens (including phenoxy) is 1. The van der Waals surface area contributed by atoms with Crippen LogP contribution in [0.3, 0.4) is 0 Å². The number of amidine groups is 1. The summed E-state index contributed by atoms with van der Waals surface area (Å²) < 4.78 is 5.86. The number of rotatable bonds is 34. The lowest BCUT2D eigenvalue weighted by Crippen LogP contribution is -2.19. The van der Waals surface area contributed by atoms with Gasteiger partial charge in [0.2, 0.25) is 0 Å². The molecule has 0 saturated carbocycles. The molecular weight excluding hydrogens is 580 g/mol. The minimum absolute atomic E-state index is 0.0104. The highest BCUT2D eigenvalue weighted by atomic mass is 16.5. The first kappa shape index (κ1) is 44.5. The molecule has 0 spiro atoms. The van der Waals surface area contributed by atoms with Gasteiger partial charge in [-0.15, -0.1) is 5.11 Å². The highest BCUT2D eigenvalue weighted by Gasteiger charge is 2.15. The Morgan fingerprint density at radius 1 is 0.574 bits per heavy atom. The molecule has 0 saturated heterocycles. The number of nitrogens with one attached hydrogen (secondary N) is 1. The lowest BCUT2D eigenvalue weighted by molar-refractivity contribution is -0.149. The Morgan fingerprint density at radius 3 is 1.36 bits per heavy atom. The van der Waals surface area contributed by atoms with Gasteiger partial charge >= 0.3 is 5.97 Å². The van der Waals surface area contributed by atoms with Gasteiger partial charge < -0.3 is 10.6 Å². The maximum atomic E-state index is 12.5. The van der Waals surface area contributed by atoms with Crippen molar-refractivity contribution >= 4 is 11.8 Å². The molecule has 0 heterocycles. The van der Waals surface area contributed by atoms with E-state index in [9.17, 15) is 4.79 Å². The quantitative estimate of drug-likeness (QED) is 0.0105. The Hall–Kier alpha value is -2.50. The van der Waals surface area contributed by atoms with E-state index < -0.39 is 0 Å². The third-order valence-electron chi connectivity index (χ3n) is 8.50. The van der Waals surface area contributed by atoms with E-state index in [1.807, 2.05) is 0 Å². The van der Waals surface area contributed by atoms with Crippen molar-refractivity contribution in [3.8, 4) is 0 Å². The Kier molecular flexibility index (Phi) is 35.9. The summed E-state index contributed by atoms with van der Waals surface area (Å²) in [6.07, 6.45) is 50.3. The lowest BCUT2D eigenvalue weighted by Gasteiger charge is -2.18. The minimum atomic E-state index is -0.243. The van der Waals surface area contributed by atoms with Crippen molar-refractivity contribution in [3.05, 3.63) is 48.6 Å². The van der Waals surface area contributed by atoms with Crippen LogP contribution in [0, 0.1) is 5.41 Å².